The van der Waals surface area contributed by atoms with E-state index >= 15 is 0 Å². The van der Waals surface area contributed by atoms with Crippen LogP contribution in [0.1, 0.15) is 16.7 Å². The van der Waals surface area contributed by atoms with Gasteiger partial charge < -0.3 is 15.2 Å². The van der Waals surface area contributed by atoms with Crippen molar-refractivity contribution in [3.63, 3.8) is 0 Å². The van der Waals surface area contributed by atoms with Gasteiger partial charge in [-0.3, -0.25) is 0 Å². The van der Waals surface area contributed by atoms with E-state index in [0.717, 1.165) is 17.1 Å². The van der Waals surface area contributed by atoms with E-state index in [9.17, 15) is 0 Å². The molecule has 0 spiro atoms. The molecule has 0 radical (unpaired) electrons. The van der Waals surface area contributed by atoms with Crippen LogP contribution in [-0.4, -0.2) is 7.11 Å². The van der Waals surface area contributed by atoms with E-state index in [1.54, 1.807) is 19.2 Å². The lowest BCUT2D eigenvalue weighted by atomic mass is 10.1. The van der Waals surface area contributed by atoms with Gasteiger partial charge in [-0.2, -0.15) is 0 Å². The molecular weight excluding hydrogens is 238 g/mol. The zero-order chi connectivity index (χ0) is 14.0. The molecule has 19 heavy (non-hydrogen) atoms. The molecule has 3 heteroatoms. The van der Waals surface area contributed by atoms with Gasteiger partial charge in [0.05, 0.1) is 12.8 Å². The van der Waals surface area contributed by atoms with Gasteiger partial charge in [0.15, 0.2) is 0 Å². The van der Waals surface area contributed by atoms with Crippen molar-refractivity contribution in [2.75, 3.05) is 12.8 Å². The Kier molecular flexibility index (Phi) is 3.65. The standard InChI is InChI=1S/C16H19NO2/c1-10-7-11(2)12(3)15(8-10)19-13-5-6-14(17)16(9-13)18-4/h5-9H,17H2,1-4H3. The highest BCUT2D eigenvalue weighted by atomic mass is 16.5. The Balaban J connectivity index is 2.36. The molecule has 0 aliphatic rings. The van der Waals surface area contributed by atoms with Crippen LogP contribution in [-0.2, 0) is 0 Å². The summed E-state index contributed by atoms with van der Waals surface area (Å²) in [5.74, 6) is 2.21. The van der Waals surface area contributed by atoms with Crippen molar-refractivity contribution in [3.05, 3.63) is 47.0 Å². The summed E-state index contributed by atoms with van der Waals surface area (Å²) in [4.78, 5) is 0. The molecular formula is C16H19NO2. The monoisotopic (exact) mass is 257 g/mol. The van der Waals surface area contributed by atoms with E-state index in [1.165, 1.54) is 11.1 Å². The van der Waals surface area contributed by atoms with Crippen molar-refractivity contribution in [3.8, 4) is 17.2 Å². The van der Waals surface area contributed by atoms with E-state index in [-0.39, 0.29) is 0 Å². The Morgan fingerprint density at radius 2 is 1.68 bits per heavy atom. The maximum Gasteiger partial charge on any atom is 0.145 e. The maximum absolute atomic E-state index is 5.93. The second kappa shape index (κ2) is 5.22. The normalized spacial score (nSPS) is 10.3. The Bertz CT molecular complexity index is 606. The molecule has 0 heterocycles. The van der Waals surface area contributed by atoms with E-state index in [2.05, 4.69) is 26.8 Å². The molecule has 0 aliphatic heterocycles. The molecule has 100 valence electrons. The van der Waals surface area contributed by atoms with Gasteiger partial charge in [-0.15, -0.1) is 0 Å². The van der Waals surface area contributed by atoms with E-state index in [0.29, 0.717) is 11.4 Å². The first-order valence-corrected chi connectivity index (χ1v) is 6.20. The molecule has 2 aromatic rings. The van der Waals surface area contributed by atoms with Gasteiger partial charge in [0.1, 0.15) is 17.2 Å². The number of benzene rings is 2. The van der Waals surface area contributed by atoms with Crippen LogP contribution in [0.15, 0.2) is 30.3 Å². The van der Waals surface area contributed by atoms with E-state index < -0.39 is 0 Å². The smallest absolute Gasteiger partial charge is 0.145 e. The van der Waals surface area contributed by atoms with Crippen LogP contribution < -0.4 is 15.2 Å². The molecule has 0 fully saturated rings. The molecule has 0 atom stereocenters. The Morgan fingerprint density at radius 1 is 0.947 bits per heavy atom. The molecule has 2 aromatic carbocycles. The van der Waals surface area contributed by atoms with Crippen LogP contribution in [0.25, 0.3) is 0 Å². The summed E-state index contributed by atoms with van der Waals surface area (Å²) in [5.41, 5.74) is 9.94. The summed E-state index contributed by atoms with van der Waals surface area (Å²) in [5, 5.41) is 0. The van der Waals surface area contributed by atoms with Gasteiger partial charge >= 0.3 is 0 Å². The van der Waals surface area contributed by atoms with Crippen molar-refractivity contribution in [2.24, 2.45) is 0 Å². The minimum atomic E-state index is 0.604. The summed E-state index contributed by atoms with van der Waals surface area (Å²) in [6.07, 6.45) is 0. The molecule has 2 rings (SSSR count). The first-order valence-electron chi connectivity index (χ1n) is 6.20. The van der Waals surface area contributed by atoms with Gasteiger partial charge in [-0.25, -0.2) is 0 Å². The summed E-state index contributed by atoms with van der Waals surface area (Å²) in [6, 6.07) is 9.60. The number of hydrogen-bond acceptors (Lipinski definition) is 3. The van der Waals surface area contributed by atoms with Gasteiger partial charge in [0, 0.05) is 6.07 Å². The van der Waals surface area contributed by atoms with Crippen LogP contribution in [0.3, 0.4) is 0 Å². The second-order valence-electron chi connectivity index (χ2n) is 4.71. The number of methoxy groups -OCH3 is 1. The van der Waals surface area contributed by atoms with Crippen molar-refractivity contribution in [1.82, 2.24) is 0 Å². The molecule has 0 saturated heterocycles. The zero-order valence-electron chi connectivity index (χ0n) is 11.8. The Morgan fingerprint density at radius 3 is 2.37 bits per heavy atom. The molecule has 0 bridgehead atoms. The number of rotatable bonds is 3. The second-order valence-corrected chi connectivity index (χ2v) is 4.71. The minimum Gasteiger partial charge on any atom is -0.494 e. The van der Waals surface area contributed by atoms with Crippen molar-refractivity contribution < 1.29 is 9.47 Å². The molecule has 0 unspecified atom stereocenters. The van der Waals surface area contributed by atoms with Crippen LogP contribution in [0.2, 0.25) is 0 Å². The molecule has 3 nitrogen and oxygen atoms in total. The van der Waals surface area contributed by atoms with E-state index in [1.807, 2.05) is 12.1 Å². The quantitative estimate of drug-likeness (QED) is 0.845. The van der Waals surface area contributed by atoms with Crippen molar-refractivity contribution in [1.29, 1.82) is 0 Å². The first kappa shape index (κ1) is 13.3. The van der Waals surface area contributed by atoms with Crippen LogP contribution in [0.5, 0.6) is 17.2 Å². The van der Waals surface area contributed by atoms with Gasteiger partial charge in [0.2, 0.25) is 0 Å². The number of hydrogen-bond donors (Lipinski definition) is 1. The fourth-order valence-corrected chi connectivity index (χ4v) is 1.99. The SMILES string of the molecule is COc1cc(Oc2cc(C)cc(C)c2C)ccc1N. The van der Waals surface area contributed by atoms with Crippen molar-refractivity contribution >= 4 is 5.69 Å². The summed E-state index contributed by atoms with van der Waals surface area (Å²) >= 11 is 0. The lowest BCUT2D eigenvalue weighted by Gasteiger charge is -2.13. The van der Waals surface area contributed by atoms with Crippen molar-refractivity contribution in [2.45, 2.75) is 20.8 Å². The predicted molar refractivity (Wildman–Crippen MR) is 78.1 cm³/mol. The van der Waals surface area contributed by atoms with Gasteiger partial charge in [0.25, 0.3) is 0 Å². The fourth-order valence-electron chi connectivity index (χ4n) is 1.99. The predicted octanol–water partition coefficient (Wildman–Crippen LogP) is 3.99. The molecule has 0 saturated carbocycles. The lowest BCUT2D eigenvalue weighted by molar-refractivity contribution is 0.411. The highest BCUT2D eigenvalue weighted by Gasteiger charge is 2.07. The largest absolute Gasteiger partial charge is 0.494 e. The van der Waals surface area contributed by atoms with E-state index in [4.69, 9.17) is 15.2 Å². The van der Waals surface area contributed by atoms with Crippen LogP contribution >= 0.6 is 0 Å². The Hall–Kier alpha value is -2.16. The van der Waals surface area contributed by atoms with Crippen LogP contribution in [0.4, 0.5) is 5.69 Å². The maximum atomic E-state index is 5.93. The highest BCUT2D eigenvalue weighted by Crippen LogP contribution is 2.32. The van der Waals surface area contributed by atoms with Crippen LogP contribution in [0, 0.1) is 20.8 Å². The highest BCUT2D eigenvalue weighted by molar-refractivity contribution is 5.56. The number of aryl methyl sites for hydroxylation is 2. The van der Waals surface area contributed by atoms with Gasteiger partial charge in [-0.1, -0.05) is 6.07 Å². The Labute approximate surface area is 114 Å². The third-order valence-corrected chi connectivity index (χ3v) is 3.20. The molecule has 2 N–H and O–H groups in total. The molecule has 0 amide bonds. The molecule has 0 aromatic heterocycles. The zero-order valence-corrected chi connectivity index (χ0v) is 11.8. The fraction of sp³-hybridized carbons (Fsp3) is 0.250. The summed E-state index contributed by atoms with van der Waals surface area (Å²) in [6.45, 7) is 6.19. The summed E-state index contributed by atoms with van der Waals surface area (Å²) in [7, 11) is 1.59. The number of anilines is 1. The number of nitrogens with two attached hydrogens (primary N) is 1. The first-order chi connectivity index (χ1) is 9.01. The van der Waals surface area contributed by atoms with Gasteiger partial charge in [-0.05, 0) is 55.7 Å². The topological polar surface area (TPSA) is 44.5 Å². The number of nitrogen functional groups attached to an aromatic ring is 1. The minimum absolute atomic E-state index is 0.604. The third kappa shape index (κ3) is 2.81. The average molecular weight is 257 g/mol. The molecule has 0 aliphatic carbocycles. The third-order valence-electron chi connectivity index (χ3n) is 3.20. The lowest BCUT2D eigenvalue weighted by Crippen LogP contribution is -1.95. The average Bonchev–Trinajstić information content (AvgIpc) is 2.37. The summed E-state index contributed by atoms with van der Waals surface area (Å²) < 4.78 is 11.1. The number of ether oxygens (including phenoxy) is 2.